The second-order valence-electron chi connectivity index (χ2n) is 11.6. The molecule has 1 aromatic carbocycles. The lowest BCUT2D eigenvalue weighted by atomic mass is 9.78. The lowest BCUT2D eigenvalue weighted by Gasteiger charge is -2.49. The van der Waals surface area contributed by atoms with Gasteiger partial charge >= 0.3 is 6.03 Å². The van der Waals surface area contributed by atoms with Gasteiger partial charge in [0.1, 0.15) is 6.54 Å². The largest absolute Gasteiger partial charge is 0.379 e. The maximum absolute atomic E-state index is 13.8. The topological polar surface area (TPSA) is 108 Å². The number of fused-ring (bicyclic) bond motifs is 1. The van der Waals surface area contributed by atoms with Crippen LogP contribution in [-0.4, -0.2) is 96.6 Å². The lowest BCUT2D eigenvalue weighted by molar-refractivity contribution is -0.153. The van der Waals surface area contributed by atoms with Gasteiger partial charge < -0.3 is 24.6 Å². The number of carbonyl (C=O) groups excluding carboxylic acids is 4. The number of hydrogen-bond acceptors (Lipinski definition) is 6. The van der Waals surface area contributed by atoms with Crippen molar-refractivity contribution in [2.75, 3.05) is 33.9 Å². The zero-order valence-corrected chi connectivity index (χ0v) is 23.7. The number of nitrogens with one attached hydrogen (secondary N) is 1. The monoisotopic (exact) mass is 554 g/mol. The van der Waals surface area contributed by atoms with Gasteiger partial charge in [-0.3, -0.25) is 19.3 Å². The van der Waals surface area contributed by atoms with Crippen molar-refractivity contribution >= 4 is 23.8 Å². The number of ether oxygens (including phenoxy) is 2. The SMILES string of the molecule is COC1CC2C(=O)N(Cc3ccc(C(=O)N4CCCC4)cc3)C(=O)N(CC(=O)NC3CCCCC3)C2CC1OC. The van der Waals surface area contributed by atoms with E-state index in [4.69, 9.17) is 9.47 Å². The molecule has 2 aliphatic carbocycles. The second-order valence-corrected chi connectivity index (χ2v) is 11.6. The predicted octanol–water partition coefficient (Wildman–Crippen LogP) is 2.94. The fourth-order valence-corrected chi connectivity index (χ4v) is 6.85. The Morgan fingerprint density at radius 1 is 0.900 bits per heavy atom. The van der Waals surface area contributed by atoms with Crippen LogP contribution in [0.25, 0.3) is 0 Å². The molecule has 0 bridgehead atoms. The van der Waals surface area contributed by atoms with Gasteiger partial charge in [0, 0.05) is 45.0 Å². The fraction of sp³-hybridized carbons (Fsp3) is 0.667. The third-order valence-electron chi connectivity index (χ3n) is 9.12. The van der Waals surface area contributed by atoms with Crippen molar-refractivity contribution in [3.63, 3.8) is 0 Å². The minimum atomic E-state index is -0.493. The zero-order chi connectivity index (χ0) is 28.2. The van der Waals surface area contributed by atoms with E-state index in [2.05, 4.69) is 5.32 Å². The van der Waals surface area contributed by atoms with E-state index in [-0.39, 0.29) is 49.1 Å². The maximum Gasteiger partial charge on any atom is 0.327 e. The van der Waals surface area contributed by atoms with E-state index in [9.17, 15) is 19.2 Å². The van der Waals surface area contributed by atoms with Crippen molar-refractivity contribution in [2.24, 2.45) is 5.92 Å². The van der Waals surface area contributed by atoms with E-state index in [0.717, 1.165) is 57.2 Å². The summed E-state index contributed by atoms with van der Waals surface area (Å²) < 4.78 is 11.3. The number of carbonyl (C=O) groups is 4. The molecule has 4 fully saturated rings. The summed E-state index contributed by atoms with van der Waals surface area (Å²) in [6.45, 7) is 1.52. The van der Waals surface area contributed by atoms with Gasteiger partial charge in [-0.05, 0) is 56.2 Å². The Morgan fingerprint density at radius 2 is 1.55 bits per heavy atom. The first-order chi connectivity index (χ1) is 19.4. The summed E-state index contributed by atoms with van der Waals surface area (Å²) in [7, 11) is 3.21. The van der Waals surface area contributed by atoms with E-state index in [1.54, 1.807) is 43.4 Å². The Labute approximate surface area is 236 Å². The first-order valence-corrected chi connectivity index (χ1v) is 14.7. The van der Waals surface area contributed by atoms with Crippen LogP contribution in [0, 0.1) is 5.92 Å². The summed E-state index contributed by atoms with van der Waals surface area (Å²) in [5.41, 5.74) is 1.35. The molecule has 1 aromatic rings. The smallest absolute Gasteiger partial charge is 0.327 e. The quantitative estimate of drug-likeness (QED) is 0.530. The van der Waals surface area contributed by atoms with E-state index in [0.29, 0.717) is 18.4 Å². The molecule has 2 saturated heterocycles. The van der Waals surface area contributed by atoms with E-state index in [1.807, 2.05) is 4.90 Å². The number of amides is 5. The molecule has 4 atom stereocenters. The van der Waals surface area contributed by atoms with Crippen LogP contribution in [0.5, 0.6) is 0 Å². The number of methoxy groups -OCH3 is 2. The second kappa shape index (κ2) is 12.7. The van der Waals surface area contributed by atoms with Gasteiger partial charge in [0.2, 0.25) is 11.8 Å². The highest BCUT2D eigenvalue weighted by molar-refractivity contribution is 6.00. The molecule has 2 aliphatic heterocycles. The molecule has 1 N–H and O–H groups in total. The number of urea groups is 1. The Kier molecular flexibility index (Phi) is 9.05. The number of hydrogen-bond donors (Lipinski definition) is 1. The summed E-state index contributed by atoms with van der Waals surface area (Å²) in [6.07, 6.45) is 7.61. The molecule has 4 unspecified atom stereocenters. The van der Waals surface area contributed by atoms with Crippen LogP contribution < -0.4 is 5.32 Å². The molecule has 0 aromatic heterocycles. The molecule has 0 radical (unpaired) electrons. The van der Waals surface area contributed by atoms with Gasteiger partial charge in [-0.25, -0.2) is 4.79 Å². The van der Waals surface area contributed by atoms with Crippen LogP contribution >= 0.6 is 0 Å². The molecule has 5 rings (SSSR count). The van der Waals surface area contributed by atoms with Crippen LogP contribution in [0.2, 0.25) is 0 Å². The number of imide groups is 1. The molecule has 40 heavy (non-hydrogen) atoms. The van der Waals surface area contributed by atoms with Crippen molar-refractivity contribution in [2.45, 2.75) is 88.6 Å². The standard InChI is InChI=1S/C30H42N4O6/c1-39-25-16-23-24(17-26(25)40-2)33(19-27(35)31-22-8-4-3-5-9-22)30(38)34(29(23)37)18-20-10-12-21(13-11-20)28(36)32-14-6-7-15-32/h10-13,22-26H,3-9,14-19H2,1-2H3,(H,31,35). The highest BCUT2D eigenvalue weighted by Crippen LogP contribution is 2.37. The van der Waals surface area contributed by atoms with Gasteiger partial charge in [-0.1, -0.05) is 31.4 Å². The molecule has 0 spiro atoms. The minimum absolute atomic E-state index is 0.00711. The van der Waals surface area contributed by atoms with Crippen LogP contribution in [0.15, 0.2) is 24.3 Å². The summed E-state index contributed by atoms with van der Waals surface area (Å²) in [6, 6.07) is 6.35. The van der Waals surface area contributed by atoms with Crippen molar-refractivity contribution < 1.29 is 28.7 Å². The first kappa shape index (κ1) is 28.5. The minimum Gasteiger partial charge on any atom is -0.379 e. The third kappa shape index (κ3) is 6.02. The maximum atomic E-state index is 13.8. The van der Waals surface area contributed by atoms with Crippen LogP contribution in [0.1, 0.15) is 73.7 Å². The molecule has 10 heteroatoms. The number of benzene rings is 1. The van der Waals surface area contributed by atoms with E-state index >= 15 is 0 Å². The Hall–Kier alpha value is -2.98. The average Bonchev–Trinajstić information content (AvgIpc) is 3.52. The first-order valence-electron chi connectivity index (χ1n) is 14.7. The summed E-state index contributed by atoms with van der Waals surface area (Å²) in [4.78, 5) is 58.1. The van der Waals surface area contributed by atoms with Gasteiger partial charge in [-0.15, -0.1) is 0 Å². The number of rotatable bonds is 8. The number of likely N-dealkylation sites (tertiary alicyclic amines) is 1. The van der Waals surface area contributed by atoms with Crippen molar-refractivity contribution in [1.82, 2.24) is 20.0 Å². The Balaban J connectivity index is 1.34. The van der Waals surface area contributed by atoms with Crippen molar-refractivity contribution in [1.29, 1.82) is 0 Å². The van der Waals surface area contributed by atoms with Crippen LogP contribution in [0.3, 0.4) is 0 Å². The molecule has 4 aliphatic rings. The predicted molar refractivity (Wildman–Crippen MR) is 147 cm³/mol. The summed E-state index contributed by atoms with van der Waals surface area (Å²) >= 11 is 0. The highest BCUT2D eigenvalue weighted by atomic mass is 16.5. The fourth-order valence-electron chi connectivity index (χ4n) is 6.85. The van der Waals surface area contributed by atoms with Crippen LogP contribution in [0.4, 0.5) is 4.79 Å². The molecule has 2 heterocycles. The molecule has 218 valence electrons. The molecule has 2 saturated carbocycles. The van der Waals surface area contributed by atoms with Gasteiger partial charge in [0.05, 0.1) is 24.7 Å². The van der Waals surface area contributed by atoms with E-state index in [1.165, 1.54) is 11.3 Å². The van der Waals surface area contributed by atoms with Gasteiger partial charge in [0.25, 0.3) is 5.91 Å². The molecular weight excluding hydrogens is 512 g/mol. The van der Waals surface area contributed by atoms with E-state index < -0.39 is 18.0 Å². The molecular formula is C30H42N4O6. The Morgan fingerprint density at radius 3 is 2.20 bits per heavy atom. The average molecular weight is 555 g/mol. The normalized spacial score (nSPS) is 27.6. The number of nitrogens with zero attached hydrogens (tertiary/aromatic N) is 3. The van der Waals surface area contributed by atoms with Crippen LogP contribution in [-0.2, 0) is 25.6 Å². The van der Waals surface area contributed by atoms with Gasteiger partial charge in [-0.2, -0.15) is 0 Å². The summed E-state index contributed by atoms with van der Waals surface area (Å²) in [5, 5.41) is 3.11. The third-order valence-corrected chi connectivity index (χ3v) is 9.12. The Bertz CT molecular complexity index is 1080. The highest BCUT2D eigenvalue weighted by Gasteiger charge is 2.52. The molecule has 10 nitrogen and oxygen atoms in total. The summed E-state index contributed by atoms with van der Waals surface area (Å²) in [5.74, 6) is -0.936. The lowest BCUT2D eigenvalue weighted by Crippen LogP contribution is -2.66. The molecule has 5 amide bonds. The zero-order valence-electron chi connectivity index (χ0n) is 23.7. The van der Waals surface area contributed by atoms with Crippen molar-refractivity contribution in [3.8, 4) is 0 Å². The van der Waals surface area contributed by atoms with Gasteiger partial charge in [0.15, 0.2) is 0 Å². The van der Waals surface area contributed by atoms with Crippen molar-refractivity contribution in [3.05, 3.63) is 35.4 Å².